The molecule has 5 nitrogen and oxygen atoms in total. The lowest BCUT2D eigenvalue weighted by molar-refractivity contribution is -0.120. The minimum Gasteiger partial charge on any atom is -0.348 e. The maximum Gasteiger partial charge on any atom is 0.264 e. The number of amides is 1. The van der Waals surface area contributed by atoms with Gasteiger partial charge < -0.3 is 5.32 Å². The molecule has 1 atom stereocenters. The van der Waals surface area contributed by atoms with Crippen molar-refractivity contribution in [1.82, 2.24) is 5.32 Å². The van der Waals surface area contributed by atoms with E-state index in [2.05, 4.69) is 5.32 Å². The molecule has 7 heteroatoms. The van der Waals surface area contributed by atoms with Crippen molar-refractivity contribution in [3.05, 3.63) is 95.0 Å². The third kappa shape index (κ3) is 5.20. The van der Waals surface area contributed by atoms with Gasteiger partial charge in [0.25, 0.3) is 10.0 Å². The van der Waals surface area contributed by atoms with Gasteiger partial charge in [-0.1, -0.05) is 59.6 Å². The van der Waals surface area contributed by atoms with Crippen LogP contribution in [0.2, 0.25) is 5.02 Å². The minimum atomic E-state index is -3.97. The molecular weight excluding hydrogens is 420 g/mol. The number of hydrogen-bond acceptors (Lipinski definition) is 3. The number of halogens is 1. The second-order valence-corrected chi connectivity index (χ2v) is 9.30. The fourth-order valence-electron chi connectivity index (χ4n) is 3.00. The highest BCUT2D eigenvalue weighted by molar-refractivity contribution is 7.92. The van der Waals surface area contributed by atoms with E-state index in [4.69, 9.17) is 11.6 Å². The van der Waals surface area contributed by atoms with Crippen molar-refractivity contribution < 1.29 is 13.2 Å². The normalized spacial score (nSPS) is 12.2. The molecule has 0 spiro atoms. The van der Waals surface area contributed by atoms with Crippen LogP contribution in [0.25, 0.3) is 0 Å². The highest BCUT2D eigenvalue weighted by atomic mass is 35.5. The summed E-state index contributed by atoms with van der Waals surface area (Å²) >= 11 is 5.90. The van der Waals surface area contributed by atoms with E-state index in [1.165, 1.54) is 24.3 Å². The van der Waals surface area contributed by atoms with Crippen LogP contribution in [0.1, 0.15) is 24.1 Å². The van der Waals surface area contributed by atoms with Crippen molar-refractivity contribution in [1.29, 1.82) is 0 Å². The second kappa shape index (κ2) is 9.32. The van der Waals surface area contributed by atoms with Gasteiger partial charge in [-0.05, 0) is 55.8 Å². The van der Waals surface area contributed by atoms with Gasteiger partial charge >= 0.3 is 0 Å². The maximum absolute atomic E-state index is 13.3. The molecule has 0 saturated heterocycles. The van der Waals surface area contributed by atoms with E-state index in [1.54, 1.807) is 12.1 Å². The second-order valence-electron chi connectivity index (χ2n) is 7.00. The van der Waals surface area contributed by atoms with Gasteiger partial charge in [0.1, 0.15) is 6.54 Å². The van der Waals surface area contributed by atoms with E-state index in [0.29, 0.717) is 10.7 Å². The van der Waals surface area contributed by atoms with Crippen molar-refractivity contribution in [2.45, 2.75) is 24.8 Å². The highest BCUT2D eigenvalue weighted by Gasteiger charge is 2.27. The monoisotopic (exact) mass is 442 g/mol. The molecular formula is C23H23ClN2O3S. The first kappa shape index (κ1) is 21.9. The van der Waals surface area contributed by atoms with E-state index in [1.807, 2.05) is 56.3 Å². The molecule has 156 valence electrons. The molecule has 0 aliphatic carbocycles. The van der Waals surface area contributed by atoms with Gasteiger partial charge in [-0.2, -0.15) is 0 Å². The molecule has 0 heterocycles. The number of carbonyl (C=O) groups is 1. The van der Waals surface area contributed by atoms with Crippen molar-refractivity contribution in [2.75, 3.05) is 10.8 Å². The molecule has 3 aromatic carbocycles. The number of anilines is 1. The van der Waals surface area contributed by atoms with Gasteiger partial charge in [0.15, 0.2) is 0 Å². The van der Waals surface area contributed by atoms with Gasteiger partial charge in [0.05, 0.1) is 16.6 Å². The molecule has 0 aliphatic heterocycles. The molecule has 0 unspecified atom stereocenters. The molecule has 3 rings (SSSR count). The Morgan fingerprint density at radius 3 is 2.17 bits per heavy atom. The summed E-state index contributed by atoms with van der Waals surface area (Å²) in [7, 11) is -3.97. The van der Waals surface area contributed by atoms with Gasteiger partial charge in [-0.3, -0.25) is 9.10 Å². The number of hydrogen-bond donors (Lipinski definition) is 1. The van der Waals surface area contributed by atoms with E-state index in [0.717, 1.165) is 15.4 Å². The largest absolute Gasteiger partial charge is 0.348 e. The summed E-state index contributed by atoms with van der Waals surface area (Å²) in [6.45, 7) is 3.43. The first-order valence-electron chi connectivity index (χ1n) is 9.46. The van der Waals surface area contributed by atoms with Crippen LogP contribution in [0.15, 0.2) is 83.8 Å². The van der Waals surface area contributed by atoms with E-state index in [-0.39, 0.29) is 17.5 Å². The SMILES string of the molecule is Cc1ccc(N(CC(=O)N[C@H](C)c2ccccc2)S(=O)(=O)c2ccc(Cl)cc2)cc1. The van der Waals surface area contributed by atoms with Crippen molar-refractivity contribution >= 4 is 33.2 Å². The molecule has 3 aromatic rings. The zero-order valence-electron chi connectivity index (χ0n) is 16.7. The average molecular weight is 443 g/mol. The van der Waals surface area contributed by atoms with Gasteiger partial charge in [0.2, 0.25) is 5.91 Å². The molecule has 0 saturated carbocycles. The smallest absolute Gasteiger partial charge is 0.264 e. The molecule has 0 radical (unpaired) electrons. The molecule has 0 bridgehead atoms. The summed E-state index contributed by atoms with van der Waals surface area (Å²) in [6.07, 6.45) is 0. The minimum absolute atomic E-state index is 0.0661. The molecule has 1 amide bonds. The number of carbonyl (C=O) groups excluding carboxylic acids is 1. The first-order chi connectivity index (χ1) is 14.3. The third-order valence-electron chi connectivity index (χ3n) is 4.69. The Morgan fingerprint density at radius 2 is 1.57 bits per heavy atom. The van der Waals surface area contributed by atoms with Crippen molar-refractivity contribution in [3.63, 3.8) is 0 Å². The number of aryl methyl sites for hydroxylation is 1. The van der Waals surface area contributed by atoms with Gasteiger partial charge in [-0.25, -0.2) is 8.42 Å². The Morgan fingerprint density at radius 1 is 0.967 bits per heavy atom. The molecule has 0 aliphatic rings. The summed E-state index contributed by atoms with van der Waals surface area (Å²) in [6, 6.07) is 22.1. The van der Waals surface area contributed by atoms with Crippen LogP contribution in [0, 0.1) is 6.92 Å². The molecule has 0 aromatic heterocycles. The third-order valence-corrected chi connectivity index (χ3v) is 6.73. The Balaban J connectivity index is 1.89. The zero-order chi connectivity index (χ0) is 21.7. The maximum atomic E-state index is 13.3. The van der Waals surface area contributed by atoms with E-state index >= 15 is 0 Å². The van der Waals surface area contributed by atoms with Crippen LogP contribution >= 0.6 is 11.6 Å². The van der Waals surface area contributed by atoms with Crippen LogP contribution in [0.5, 0.6) is 0 Å². The molecule has 0 fully saturated rings. The number of nitrogens with zero attached hydrogens (tertiary/aromatic N) is 1. The Hall–Kier alpha value is -2.83. The number of rotatable bonds is 7. The summed E-state index contributed by atoms with van der Waals surface area (Å²) in [4.78, 5) is 12.8. The summed E-state index contributed by atoms with van der Waals surface area (Å²) in [5, 5.41) is 3.31. The summed E-state index contributed by atoms with van der Waals surface area (Å²) in [5.41, 5.74) is 2.34. The fraction of sp³-hybridized carbons (Fsp3) is 0.174. The summed E-state index contributed by atoms with van der Waals surface area (Å²) < 4.78 is 27.8. The zero-order valence-corrected chi connectivity index (χ0v) is 18.3. The van der Waals surface area contributed by atoms with Crippen LogP contribution in [0.3, 0.4) is 0 Å². The van der Waals surface area contributed by atoms with Crippen molar-refractivity contribution in [2.24, 2.45) is 0 Å². The topological polar surface area (TPSA) is 66.5 Å². The van der Waals surface area contributed by atoms with E-state index in [9.17, 15) is 13.2 Å². The van der Waals surface area contributed by atoms with Gasteiger partial charge in [-0.15, -0.1) is 0 Å². The lowest BCUT2D eigenvalue weighted by Gasteiger charge is -2.25. The Labute approximate surface area is 182 Å². The average Bonchev–Trinajstić information content (AvgIpc) is 2.73. The quantitative estimate of drug-likeness (QED) is 0.575. The predicted molar refractivity (Wildman–Crippen MR) is 120 cm³/mol. The van der Waals surface area contributed by atoms with E-state index < -0.39 is 15.9 Å². The fourth-order valence-corrected chi connectivity index (χ4v) is 4.55. The highest BCUT2D eigenvalue weighted by Crippen LogP contribution is 2.25. The first-order valence-corrected chi connectivity index (χ1v) is 11.3. The molecule has 30 heavy (non-hydrogen) atoms. The van der Waals surface area contributed by atoms with Crippen LogP contribution in [-0.4, -0.2) is 20.9 Å². The predicted octanol–water partition coefficient (Wildman–Crippen LogP) is 4.72. The standard InChI is InChI=1S/C23H23ClN2O3S/c1-17-8-12-21(13-9-17)26(30(28,29)22-14-10-20(24)11-15-22)16-23(27)25-18(2)19-6-4-3-5-7-19/h3-15,18H,16H2,1-2H3,(H,25,27)/t18-/m1/s1. The van der Waals surface area contributed by atoms with Crippen LogP contribution in [0.4, 0.5) is 5.69 Å². The number of benzene rings is 3. The Kier molecular flexibility index (Phi) is 6.80. The Bertz CT molecular complexity index is 1100. The lowest BCUT2D eigenvalue weighted by atomic mass is 10.1. The van der Waals surface area contributed by atoms with Gasteiger partial charge in [0, 0.05) is 5.02 Å². The van der Waals surface area contributed by atoms with Crippen LogP contribution < -0.4 is 9.62 Å². The summed E-state index contributed by atoms with van der Waals surface area (Å²) in [5.74, 6) is -0.399. The molecule has 1 N–H and O–H groups in total. The number of nitrogens with one attached hydrogen (secondary N) is 1. The van der Waals surface area contributed by atoms with Crippen molar-refractivity contribution in [3.8, 4) is 0 Å². The number of sulfonamides is 1. The van der Waals surface area contributed by atoms with Crippen LogP contribution in [-0.2, 0) is 14.8 Å². The lowest BCUT2D eigenvalue weighted by Crippen LogP contribution is -2.41.